The monoisotopic (exact) mass is 306 g/mol. The van der Waals surface area contributed by atoms with E-state index in [4.69, 9.17) is 11.6 Å². The molecule has 0 aliphatic rings. The number of hydrogen-bond acceptors (Lipinski definition) is 1. The van der Waals surface area contributed by atoms with E-state index in [0.29, 0.717) is 5.02 Å². The van der Waals surface area contributed by atoms with E-state index in [1.54, 1.807) is 0 Å². The number of hydrogen-bond donors (Lipinski definition) is 1. The second-order valence-corrected chi connectivity index (χ2v) is 6.53. The number of fused-ring (bicyclic) bond motifs is 1. The molecule has 0 fully saturated rings. The zero-order valence-corrected chi connectivity index (χ0v) is 13.9. The molecule has 21 heavy (non-hydrogen) atoms. The van der Waals surface area contributed by atoms with Gasteiger partial charge in [-0.25, -0.2) is 0 Å². The van der Waals surface area contributed by atoms with Crippen molar-refractivity contribution in [1.29, 1.82) is 0 Å². The van der Waals surface area contributed by atoms with Gasteiger partial charge in [0.2, 0.25) is 5.91 Å². The lowest BCUT2D eigenvalue weighted by Gasteiger charge is -2.29. The third-order valence-corrected chi connectivity index (χ3v) is 4.28. The van der Waals surface area contributed by atoms with Crippen molar-refractivity contribution in [2.45, 2.75) is 39.0 Å². The molecule has 0 saturated heterocycles. The van der Waals surface area contributed by atoms with Crippen molar-refractivity contribution in [2.24, 2.45) is 0 Å². The number of unbranched alkanes of at least 4 members (excludes halogenated alkanes) is 1. The van der Waals surface area contributed by atoms with Gasteiger partial charge in [-0.3, -0.25) is 4.79 Å². The van der Waals surface area contributed by atoms with E-state index in [1.807, 2.05) is 50.2 Å². The van der Waals surface area contributed by atoms with Crippen molar-refractivity contribution in [1.82, 2.24) is 9.88 Å². The Morgan fingerprint density at radius 3 is 2.76 bits per heavy atom. The number of benzene rings is 1. The molecule has 0 spiro atoms. The highest BCUT2D eigenvalue weighted by atomic mass is 35.5. The molecule has 1 aromatic carbocycles. The number of carbonyl (C=O) groups excluding carboxylic acids is 1. The molecule has 1 heterocycles. The van der Waals surface area contributed by atoms with Gasteiger partial charge < -0.3 is 9.88 Å². The number of aromatic nitrogens is 1. The molecule has 2 aromatic rings. The lowest BCUT2D eigenvalue weighted by atomic mass is 9.83. The summed E-state index contributed by atoms with van der Waals surface area (Å²) < 4.78 is 0. The van der Waals surface area contributed by atoms with Crippen LogP contribution >= 0.6 is 11.6 Å². The number of rotatable bonds is 5. The zero-order chi connectivity index (χ0) is 15.6. The van der Waals surface area contributed by atoms with Crippen LogP contribution in [0.4, 0.5) is 0 Å². The Morgan fingerprint density at radius 2 is 2.10 bits per heavy atom. The Kier molecular flexibility index (Phi) is 4.62. The van der Waals surface area contributed by atoms with Gasteiger partial charge in [-0.1, -0.05) is 31.0 Å². The summed E-state index contributed by atoms with van der Waals surface area (Å²) in [5.41, 5.74) is 1.42. The van der Waals surface area contributed by atoms with Crippen LogP contribution in [0.1, 0.15) is 39.2 Å². The maximum absolute atomic E-state index is 12.8. The van der Waals surface area contributed by atoms with Crippen LogP contribution in [0, 0.1) is 0 Å². The van der Waals surface area contributed by atoms with Crippen molar-refractivity contribution >= 4 is 28.4 Å². The molecule has 3 nitrogen and oxygen atoms in total. The van der Waals surface area contributed by atoms with Crippen LogP contribution in [0.3, 0.4) is 0 Å². The summed E-state index contributed by atoms with van der Waals surface area (Å²) in [7, 11) is 1.88. The average molecular weight is 307 g/mol. The summed E-state index contributed by atoms with van der Waals surface area (Å²) in [5.74, 6) is 0.145. The molecule has 114 valence electrons. The topological polar surface area (TPSA) is 36.1 Å². The zero-order valence-electron chi connectivity index (χ0n) is 13.2. The second kappa shape index (κ2) is 6.10. The predicted octanol–water partition coefficient (Wildman–Crippen LogP) is 4.36. The van der Waals surface area contributed by atoms with Crippen LogP contribution in [0.25, 0.3) is 10.9 Å². The van der Waals surface area contributed by atoms with Crippen LogP contribution < -0.4 is 0 Å². The first-order valence-corrected chi connectivity index (χ1v) is 7.78. The van der Waals surface area contributed by atoms with Gasteiger partial charge in [0.15, 0.2) is 0 Å². The van der Waals surface area contributed by atoms with Crippen molar-refractivity contribution in [3.8, 4) is 0 Å². The first-order valence-electron chi connectivity index (χ1n) is 7.40. The summed E-state index contributed by atoms with van der Waals surface area (Å²) >= 11 is 6.02. The molecule has 1 aromatic heterocycles. The molecule has 0 saturated carbocycles. The number of likely N-dealkylation sites (N-methyl/N-ethyl adjacent to an activating group) is 1. The largest absolute Gasteiger partial charge is 0.361 e. The molecule has 1 N–H and O–H groups in total. The number of halogens is 1. The van der Waals surface area contributed by atoms with Gasteiger partial charge in [0.1, 0.15) is 0 Å². The fourth-order valence-electron chi connectivity index (χ4n) is 2.70. The molecule has 0 radical (unpaired) electrons. The van der Waals surface area contributed by atoms with Crippen molar-refractivity contribution in [3.05, 3.63) is 35.0 Å². The number of carbonyl (C=O) groups is 1. The summed E-state index contributed by atoms with van der Waals surface area (Å²) in [6, 6.07) is 5.73. The van der Waals surface area contributed by atoms with E-state index >= 15 is 0 Å². The highest BCUT2D eigenvalue weighted by molar-refractivity contribution is 6.31. The smallest absolute Gasteiger partial charge is 0.232 e. The molecule has 4 heteroatoms. The van der Waals surface area contributed by atoms with Crippen LogP contribution in [0.2, 0.25) is 5.02 Å². The van der Waals surface area contributed by atoms with Gasteiger partial charge in [0.25, 0.3) is 0 Å². The summed E-state index contributed by atoms with van der Waals surface area (Å²) in [6.45, 7) is 6.89. The minimum atomic E-state index is -0.561. The Labute approximate surface area is 131 Å². The minimum absolute atomic E-state index is 0.145. The first-order chi connectivity index (χ1) is 9.87. The molecule has 1 amide bonds. The maximum atomic E-state index is 12.8. The number of nitrogens with one attached hydrogen (secondary N) is 1. The number of nitrogens with zero attached hydrogens (tertiary/aromatic N) is 1. The van der Waals surface area contributed by atoms with Crippen molar-refractivity contribution in [3.63, 3.8) is 0 Å². The quantitative estimate of drug-likeness (QED) is 0.875. The van der Waals surface area contributed by atoms with Gasteiger partial charge in [0, 0.05) is 35.7 Å². The van der Waals surface area contributed by atoms with E-state index in [1.165, 1.54) is 0 Å². The summed E-state index contributed by atoms with van der Waals surface area (Å²) in [5, 5.41) is 1.75. The molecule has 0 bridgehead atoms. The van der Waals surface area contributed by atoms with Gasteiger partial charge >= 0.3 is 0 Å². The second-order valence-electron chi connectivity index (χ2n) is 6.10. The van der Waals surface area contributed by atoms with Crippen LogP contribution in [-0.4, -0.2) is 29.4 Å². The molecule has 0 aliphatic heterocycles. The lowest BCUT2D eigenvalue weighted by molar-refractivity contribution is -0.134. The van der Waals surface area contributed by atoms with E-state index in [-0.39, 0.29) is 5.91 Å². The van der Waals surface area contributed by atoms with Crippen molar-refractivity contribution in [2.75, 3.05) is 13.6 Å². The average Bonchev–Trinajstić information content (AvgIpc) is 2.87. The van der Waals surface area contributed by atoms with Gasteiger partial charge in [0.05, 0.1) is 5.41 Å². The first kappa shape index (κ1) is 15.9. The standard InChI is InChI=1S/C17H23ClN2O/c1-5-6-9-20(4)16(21)17(2,3)14-11-19-15-10-12(18)7-8-13(14)15/h7-8,10-11,19H,5-6,9H2,1-4H3. The maximum Gasteiger partial charge on any atom is 0.232 e. The molecular formula is C17H23ClN2O. The molecule has 0 unspecified atom stereocenters. The third-order valence-electron chi connectivity index (χ3n) is 4.05. The fraction of sp³-hybridized carbons (Fsp3) is 0.471. The van der Waals surface area contributed by atoms with Crippen LogP contribution in [0.5, 0.6) is 0 Å². The van der Waals surface area contributed by atoms with Gasteiger partial charge in [-0.15, -0.1) is 0 Å². The Balaban J connectivity index is 2.34. The molecule has 0 aliphatic carbocycles. The fourth-order valence-corrected chi connectivity index (χ4v) is 2.88. The van der Waals surface area contributed by atoms with E-state index < -0.39 is 5.41 Å². The molecule has 0 atom stereocenters. The Hall–Kier alpha value is -1.48. The Bertz CT molecular complexity index is 645. The highest BCUT2D eigenvalue weighted by Gasteiger charge is 2.34. The molecular weight excluding hydrogens is 284 g/mol. The summed E-state index contributed by atoms with van der Waals surface area (Å²) in [4.78, 5) is 17.8. The minimum Gasteiger partial charge on any atom is -0.361 e. The van der Waals surface area contributed by atoms with E-state index in [0.717, 1.165) is 35.9 Å². The SMILES string of the molecule is CCCCN(C)C(=O)C(C)(C)c1c[nH]c2cc(Cl)ccc12. The van der Waals surface area contributed by atoms with Crippen LogP contribution in [0.15, 0.2) is 24.4 Å². The molecule has 2 rings (SSSR count). The van der Waals surface area contributed by atoms with E-state index in [2.05, 4.69) is 11.9 Å². The Morgan fingerprint density at radius 1 is 1.38 bits per heavy atom. The third kappa shape index (κ3) is 3.08. The number of amides is 1. The van der Waals surface area contributed by atoms with Gasteiger partial charge in [-0.05, 0) is 38.0 Å². The number of aromatic amines is 1. The predicted molar refractivity (Wildman–Crippen MR) is 88.9 cm³/mol. The lowest BCUT2D eigenvalue weighted by Crippen LogP contribution is -2.41. The summed E-state index contributed by atoms with van der Waals surface area (Å²) in [6.07, 6.45) is 4.04. The van der Waals surface area contributed by atoms with Gasteiger partial charge in [-0.2, -0.15) is 0 Å². The van der Waals surface area contributed by atoms with Crippen LogP contribution in [-0.2, 0) is 10.2 Å². The van der Waals surface area contributed by atoms with E-state index in [9.17, 15) is 4.79 Å². The van der Waals surface area contributed by atoms with Crippen molar-refractivity contribution < 1.29 is 4.79 Å². The highest BCUT2D eigenvalue weighted by Crippen LogP contribution is 2.33. The number of H-pyrrole nitrogens is 1. The normalized spacial score (nSPS) is 11.9.